The van der Waals surface area contributed by atoms with Gasteiger partial charge in [-0.25, -0.2) is 9.59 Å². The molecule has 0 spiro atoms. The second kappa shape index (κ2) is 11.5. The molecule has 0 radical (unpaired) electrons. The summed E-state index contributed by atoms with van der Waals surface area (Å²) in [5, 5.41) is 9.94. The Bertz CT molecular complexity index is 878. The molecule has 8 nitrogen and oxygen atoms in total. The third-order valence-electron chi connectivity index (χ3n) is 6.91. The number of carbonyl (C=O) groups is 2. The number of carbonyl (C=O) groups excluding carboxylic acids is 2. The fraction of sp³-hybridized carbons (Fsp3) is 0.704. The molecule has 1 N–H and O–H groups in total. The molecule has 2 saturated carbocycles. The van der Waals surface area contributed by atoms with Gasteiger partial charge in [0, 0.05) is 18.2 Å². The van der Waals surface area contributed by atoms with Gasteiger partial charge in [0.2, 0.25) is 0 Å². The molecule has 0 heterocycles. The lowest BCUT2D eigenvalue weighted by molar-refractivity contribution is -0.0244. The van der Waals surface area contributed by atoms with Crippen LogP contribution in [-0.4, -0.2) is 66.2 Å². The number of rotatable bonds is 6. The molecule has 1 aromatic carbocycles. The van der Waals surface area contributed by atoms with Gasteiger partial charge in [0.1, 0.15) is 28.8 Å². The van der Waals surface area contributed by atoms with Crippen molar-refractivity contribution in [3.8, 4) is 11.5 Å². The maximum absolute atomic E-state index is 13.2. The number of benzene rings is 1. The number of aliphatic hydroxyl groups is 1. The van der Waals surface area contributed by atoms with Gasteiger partial charge in [0.05, 0.1) is 20.3 Å². The van der Waals surface area contributed by atoms with Gasteiger partial charge in [0.15, 0.2) is 0 Å². The normalized spacial score (nSPS) is 24.9. The summed E-state index contributed by atoms with van der Waals surface area (Å²) in [5.41, 5.74) is 0.563. The van der Waals surface area contributed by atoms with E-state index in [4.69, 9.17) is 18.9 Å². The number of hydrogen-bond acceptors (Lipinski definition) is 7. The minimum absolute atomic E-state index is 0.0253. The lowest BCUT2D eigenvalue weighted by Gasteiger charge is -2.43. The molecule has 0 saturated heterocycles. The summed E-state index contributed by atoms with van der Waals surface area (Å²) in [6, 6.07) is 3.55. The summed E-state index contributed by atoms with van der Waals surface area (Å²) in [6.07, 6.45) is 4.92. The lowest BCUT2D eigenvalue weighted by atomic mass is 9.87. The van der Waals surface area contributed by atoms with Gasteiger partial charge in [0.25, 0.3) is 0 Å². The van der Waals surface area contributed by atoms with Gasteiger partial charge in [-0.3, -0.25) is 0 Å². The van der Waals surface area contributed by atoms with E-state index in [1.807, 2.05) is 32.6 Å². The van der Waals surface area contributed by atoms with E-state index in [1.165, 1.54) is 7.11 Å². The molecule has 2 aliphatic carbocycles. The highest BCUT2D eigenvalue weighted by atomic mass is 16.6. The number of amides is 1. The Labute approximate surface area is 208 Å². The van der Waals surface area contributed by atoms with Crippen molar-refractivity contribution in [2.45, 2.75) is 109 Å². The fourth-order valence-corrected chi connectivity index (χ4v) is 5.16. The van der Waals surface area contributed by atoms with Crippen LogP contribution in [0.4, 0.5) is 4.79 Å². The largest absolute Gasteiger partial charge is 0.497 e. The summed E-state index contributed by atoms with van der Waals surface area (Å²) in [4.78, 5) is 28.1. The van der Waals surface area contributed by atoms with E-state index < -0.39 is 11.6 Å². The maximum Gasteiger partial charge on any atom is 0.410 e. The van der Waals surface area contributed by atoms with Gasteiger partial charge in [-0.05, 0) is 90.7 Å². The molecule has 0 aromatic heterocycles. The first-order valence-electron chi connectivity index (χ1n) is 12.6. The number of aryl methyl sites for hydroxylation is 1. The Kier molecular flexibility index (Phi) is 8.91. The van der Waals surface area contributed by atoms with Crippen molar-refractivity contribution in [2.75, 3.05) is 14.2 Å². The quantitative estimate of drug-likeness (QED) is 0.558. The predicted octanol–water partition coefficient (Wildman–Crippen LogP) is 5.02. The van der Waals surface area contributed by atoms with E-state index >= 15 is 0 Å². The number of ether oxygens (including phenoxy) is 4. The molecule has 1 aromatic rings. The highest BCUT2D eigenvalue weighted by molar-refractivity contribution is 5.94. The molecular weight excluding hydrogens is 450 g/mol. The Hall–Kier alpha value is -2.48. The van der Waals surface area contributed by atoms with E-state index in [1.54, 1.807) is 19.2 Å². The van der Waals surface area contributed by atoms with E-state index in [2.05, 4.69) is 0 Å². The molecule has 0 aliphatic heterocycles. The zero-order valence-corrected chi connectivity index (χ0v) is 22.0. The third kappa shape index (κ3) is 7.03. The fourth-order valence-electron chi connectivity index (χ4n) is 5.16. The van der Waals surface area contributed by atoms with Crippen LogP contribution >= 0.6 is 0 Å². The first-order valence-corrected chi connectivity index (χ1v) is 12.6. The molecule has 8 heteroatoms. The Morgan fingerprint density at radius 1 is 0.914 bits per heavy atom. The SMILES string of the molecule is COc1cc(C)c(C(=O)OC2CCC(N(C(=O)OC(C)(C)C)C3CCC(O)CC3)CC2)c(OC)c1. The first kappa shape index (κ1) is 27.1. The zero-order valence-electron chi connectivity index (χ0n) is 22.0. The first-order chi connectivity index (χ1) is 16.5. The summed E-state index contributed by atoms with van der Waals surface area (Å²) >= 11 is 0. The van der Waals surface area contributed by atoms with Crippen LogP contribution in [0.3, 0.4) is 0 Å². The molecular formula is C27H41NO7. The van der Waals surface area contributed by atoms with E-state index in [9.17, 15) is 14.7 Å². The molecule has 0 atom stereocenters. The van der Waals surface area contributed by atoms with Gasteiger partial charge in [-0.1, -0.05) is 0 Å². The van der Waals surface area contributed by atoms with Crippen molar-refractivity contribution in [2.24, 2.45) is 0 Å². The molecule has 35 heavy (non-hydrogen) atoms. The molecule has 3 rings (SSSR count). The highest BCUT2D eigenvalue weighted by Crippen LogP contribution is 2.34. The monoisotopic (exact) mass is 491 g/mol. The standard InChI is InChI=1S/C27H41NO7/c1-17-15-22(32-5)16-23(33-6)24(17)25(30)34-21-13-9-19(10-14-21)28(26(31)35-27(2,3)4)18-7-11-20(29)12-8-18/h15-16,18-21,29H,7-14H2,1-6H3. The summed E-state index contributed by atoms with van der Waals surface area (Å²) in [6.45, 7) is 7.46. The average Bonchev–Trinajstić information content (AvgIpc) is 2.79. The minimum Gasteiger partial charge on any atom is -0.497 e. The number of methoxy groups -OCH3 is 2. The number of nitrogens with zero attached hydrogens (tertiary/aromatic N) is 1. The minimum atomic E-state index is -0.578. The Morgan fingerprint density at radius 3 is 2.00 bits per heavy atom. The smallest absolute Gasteiger partial charge is 0.410 e. The van der Waals surface area contributed by atoms with Crippen molar-refractivity contribution in [3.05, 3.63) is 23.3 Å². The lowest BCUT2D eigenvalue weighted by Crippen LogP contribution is -2.52. The molecule has 0 unspecified atom stereocenters. The van der Waals surface area contributed by atoms with Gasteiger partial charge < -0.3 is 29.0 Å². The molecule has 1 amide bonds. The number of hydrogen-bond donors (Lipinski definition) is 1. The van der Waals surface area contributed by atoms with Crippen LogP contribution in [-0.2, 0) is 9.47 Å². The second-order valence-corrected chi connectivity index (χ2v) is 10.7. The van der Waals surface area contributed by atoms with Crippen molar-refractivity contribution in [1.29, 1.82) is 0 Å². The van der Waals surface area contributed by atoms with Crippen LogP contribution in [0.2, 0.25) is 0 Å². The van der Waals surface area contributed by atoms with E-state index in [0.29, 0.717) is 42.7 Å². The van der Waals surface area contributed by atoms with Gasteiger partial charge >= 0.3 is 12.1 Å². The van der Waals surface area contributed by atoms with Gasteiger partial charge in [-0.15, -0.1) is 0 Å². The zero-order chi connectivity index (χ0) is 25.8. The summed E-state index contributed by atoms with van der Waals surface area (Å²) < 4.78 is 22.3. The number of esters is 1. The second-order valence-electron chi connectivity index (χ2n) is 10.7. The average molecular weight is 492 g/mol. The van der Waals surface area contributed by atoms with Crippen molar-refractivity contribution in [1.82, 2.24) is 4.90 Å². The predicted molar refractivity (Wildman–Crippen MR) is 132 cm³/mol. The summed E-state index contributed by atoms with van der Waals surface area (Å²) in [7, 11) is 3.09. The third-order valence-corrected chi connectivity index (χ3v) is 6.91. The topological polar surface area (TPSA) is 94.5 Å². The highest BCUT2D eigenvalue weighted by Gasteiger charge is 2.38. The Morgan fingerprint density at radius 2 is 1.49 bits per heavy atom. The van der Waals surface area contributed by atoms with E-state index in [0.717, 1.165) is 31.2 Å². The van der Waals surface area contributed by atoms with Crippen LogP contribution in [0.1, 0.15) is 88.1 Å². The van der Waals surface area contributed by atoms with Gasteiger partial charge in [-0.2, -0.15) is 0 Å². The van der Waals surface area contributed by atoms with Crippen molar-refractivity contribution in [3.63, 3.8) is 0 Å². The van der Waals surface area contributed by atoms with Crippen molar-refractivity contribution >= 4 is 12.1 Å². The maximum atomic E-state index is 13.2. The molecule has 2 fully saturated rings. The summed E-state index contributed by atoms with van der Waals surface area (Å²) in [5.74, 6) is 0.640. The number of aliphatic hydroxyl groups excluding tert-OH is 1. The molecule has 196 valence electrons. The van der Waals surface area contributed by atoms with Crippen LogP contribution in [0.5, 0.6) is 11.5 Å². The van der Waals surface area contributed by atoms with Crippen LogP contribution < -0.4 is 9.47 Å². The van der Waals surface area contributed by atoms with Crippen LogP contribution in [0.15, 0.2) is 12.1 Å². The van der Waals surface area contributed by atoms with Crippen LogP contribution in [0, 0.1) is 6.92 Å². The molecule has 0 bridgehead atoms. The molecule has 2 aliphatic rings. The Balaban J connectivity index is 1.66. The van der Waals surface area contributed by atoms with Crippen molar-refractivity contribution < 1.29 is 33.6 Å². The van der Waals surface area contributed by atoms with E-state index in [-0.39, 0.29) is 30.4 Å². The van der Waals surface area contributed by atoms with Crippen LogP contribution in [0.25, 0.3) is 0 Å².